The first kappa shape index (κ1) is 16.0. The maximum absolute atomic E-state index is 8.55. The first-order chi connectivity index (χ1) is 2.00. The molecule has 7 heavy (non-hydrogen) atoms. The van der Waals surface area contributed by atoms with Crippen LogP contribution in [0.4, 0.5) is 0 Å². The van der Waals surface area contributed by atoms with E-state index >= 15 is 0 Å². The van der Waals surface area contributed by atoms with Gasteiger partial charge in [-0.3, -0.25) is 0 Å². The third-order valence-electron chi connectivity index (χ3n) is 0. The Bertz CT molecular complexity index is 57.8. The SMILES string of the molecule is O=P([O-])([O-])[O-].[Ca+2].[Zn+2]. The van der Waals surface area contributed by atoms with Crippen molar-refractivity contribution in [2.24, 2.45) is 0 Å². The zero-order chi connectivity index (χ0) is 4.50. The fraction of sp³-hybridized carbons (Fsp3) is 0. The van der Waals surface area contributed by atoms with E-state index < -0.39 is 7.82 Å². The predicted octanol–water partition coefficient (Wildman–Crippen LogP) is -3.21. The minimum atomic E-state index is -5.39. The maximum Gasteiger partial charge on any atom is 2.00 e. The minimum absolute atomic E-state index is 0. The number of phosphoric acid groups is 1. The molecule has 0 N–H and O–H groups in total. The van der Waals surface area contributed by atoms with Crippen LogP contribution in [0.15, 0.2) is 0 Å². The molecule has 0 atom stereocenters. The van der Waals surface area contributed by atoms with Gasteiger partial charge < -0.3 is 19.2 Å². The van der Waals surface area contributed by atoms with Crippen molar-refractivity contribution >= 4 is 45.6 Å². The summed E-state index contributed by atoms with van der Waals surface area (Å²) < 4.78 is 8.55. The van der Waals surface area contributed by atoms with Crippen molar-refractivity contribution in [3.8, 4) is 0 Å². The molecule has 0 spiro atoms. The standard InChI is InChI=1S/Ca.H3O4P.Zn/c;1-5(2,3)4;/h;(H3,1,2,3,4);/q+2;;+2/p-3. The zero-order valence-electron chi connectivity index (χ0n) is 3.49. The molecule has 4 nitrogen and oxygen atoms in total. The Morgan fingerprint density at radius 2 is 1.14 bits per heavy atom. The van der Waals surface area contributed by atoms with Gasteiger partial charge in [0, 0.05) is 0 Å². The van der Waals surface area contributed by atoms with Gasteiger partial charge in [0.2, 0.25) is 0 Å². The third kappa shape index (κ3) is 72.3. The van der Waals surface area contributed by atoms with Crippen molar-refractivity contribution < 1.29 is 38.7 Å². The van der Waals surface area contributed by atoms with Crippen LogP contribution in [0.2, 0.25) is 0 Å². The van der Waals surface area contributed by atoms with Crippen molar-refractivity contribution in [3.05, 3.63) is 0 Å². The van der Waals surface area contributed by atoms with Crippen LogP contribution in [-0.2, 0) is 24.0 Å². The molecular formula is CaO4PZn+. The van der Waals surface area contributed by atoms with Crippen LogP contribution < -0.4 is 14.7 Å². The summed E-state index contributed by atoms with van der Waals surface area (Å²) in [4.78, 5) is 25.6. The van der Waals surface area contributed by atoms with E-state index in [1.807, 2.05) is 0 Å². The van der Waals surface area contributed by atoms with E-state index in [0.29, 0.717) is 0 Å². The molecule has 0 aliphatic carbocycles. The average Bonchev–Trinajstić information content (AvgIpc) is 0.722. The molecule has 0 aliphatic rings. The number of hydrogen-bond donors (Lipinski definition) is 0. The Morgan fingerprint density at radius 1 is 1.14 bits per heavy atom. The van der Waals surface area contributed by atoms with Crippen LogP contribution in [-0.4, -0.2) is 37.7 Å². The van der Waals surface area contributed by atoms with E-state index in [4.69, 9.17) is 19.2 Å². The normalized spacial score (nSPS) is 8.43. The van der Waals surface area contributed by atoms with Gasteiger partial charge in [0.15, 0.2) is 0 Å². The van der Waals surface area contributed by atoms with Gasteiger partial charge in [0.25, 0.3) is 0 Å². The molecule has 0 radical (unpaired) electrons. The van der Waals surface area contributed by atoms with E-state index in [1.54, 1.807) is 0 Å². The molecule has 32 valence electrons. The van der Waals surface area contributed by atoms with Gasteiger partial charge in [-0.05, 0) is 0 Å². The second kappa shape index (κ2) is 6.12. The summed E-state index contributed by atoms with van der Waals surface area (Å²) >= 11 is 0. The molecule has 0 aliphatic heterocycles. The van der Waals surface area contributed by atoms with Crippen LogP contribution in [0.5, 0.6) is 0 Å². The molecule has 0 aromatic rings. The minimum Gasteiger partial charge on any atom is -0.822 e. The Balaban J connectivity index is -0.0000000800. The van der Waals surface area contributed by atoms with E-state index in [1.165, 1.54) is 0 Å². The fourth-order valence-corrected chi connectivity index (χ4v) is 0. The fourth-order valence-electron chi connectivity index (χ4n) is 0. The Hall–Kier alpha value is 1.99. The quantitative estimate of drug-likeness (QED) is 0.304. The molecule has 0 aromatic heterocycles. The summed E-state index contributed by atoms with van der Waals surface area (Å²) in [7, 11) is -5.39. The van der Waals surface area contributed by atoms with Crippen molar-refractivity contribution in [1.29, 1.82) is 0 Å². The summed E-state index contributed by atoms with van der Waals surface area (Å²) in [5.41, 5.74) is 0. The van der Waals surface area contributed by atoms with Crippen LogP contribution in [0.1, 0.15) is 0 Å². The van der Waals surface area contributed by atoms with Crippen LogP contribution in [0.25, 0.3) is 0 Å². The Labute approximate surface area is 83.3 Å². The van der Waals surface area contributed by atoms with Gasteiger partial charge in [0.1, 0.15) is 0 Å². The summed E-state index contributed by atoms with van der Waals surface area (Å²) in [6.45, 7) is 0. The van der Waals surface area contributed by atoms with E-state index in [-0.39, 0.29) is 57.2 Å². The zero-order valence-corrected chi connectivity index (χ0v) is 9.56. The molecule has 0 amide bonds. The summed E-state index contributed by atoms with van der Waals surface area (Å²) in [5, 5.41) is 0. The topological polar surface area (TPSA) is 86.2 Å². The smallest absolute Gasteiger partial charge is 0.822 e. The van der Waals surface area contributed by atoms with Crippen molar-refractivity contribution in [3.63, 3.8) is 0 Å². The summed E-state index contributed by atoms with van der Waals surface area (Å²) in [6.07, 6.45) is 0. The maximum atomic E-state index is 8.55. The molecule has 7 heteroatoms. The molecule has 0 fully saturated rings. The molecule has 0 heterocycles. The summed E-state index contributed by atoms with van der Waals surface area (Å²) in [5.74, 6) is 0. The largest absolute Gasteiger partial charge is 2.00 e. The molecule has 0 rings (SSSR count). The van der Waals surface area contributed by atoms with Gasteiger partial charge in [-0.2, -0.15) is 7.82 Å². The second-order valence-corrected chi connectivity index (χ2v) is 1.34. The van der Waals surface area contributed by atoms with Gasteiger partial charge in [-0.15, -0.1) is 0 Å². The van der Waals surface area contributed by atoms with Crippen molar-refractivity contribution in [1.82, 2.24) is 0 Å². The first-order valence-corrected chi connectivity index (χ1v) is 2.19. The molecular weight excluding hydrogens is 200 g/mol. The molecule has 0 bridgehead atoms. The van der Waals surface area contributed by atoms with Crippen molar-refractivity contribution in [2.45, 2.75) is 0 Å². The third-order valence-corrected chi connectivity index (χ3v) is 0. The monoisotopic (exact) mass is 199 g/mol. The van der Waals surface area contributed by atoms with Crippen LogP contribution in [0, 0.1) is 0 Å². The molecule has 0 saturated carbocycles. The first-order valence-electron chi connectivity index (χ1n) is 0.730. The van der Waals surface area contributed by atoms with Gasteiger partial charge in [-0.1, -0.05) is 0 Å². The van der Waals surface area contributed by atoms with Gasteiger partial charge in [-0.25, -0.2) is 0 Å². The number of rotatable bonds is 0. The Kier molecular flexibility index (Phi) is 14.0. The number of hydrogen-bond acceptors (Lipinski definition) is 4. The van der Waals surface area contributed by atoms with E-state index in [9.17, 15) is 0 Å². The van der Waals surface area contributed by atoms with Crippen LogP contribution >= 0.6 is 7.82 Å². The van der Waals surface area contributed by atoms with Crippen molar-refractivity contribution in [2.75, 3.05) is 0 Å². The second-order valence-electron chi connectivity index (χ2n) is 0.447. The predicted molar refractivity (Wildman–Crippen MR) is 13.4 cm³/mol. The van der Waals surface area contributed by atoms with Gasteiger partial charge >= 0.3 is 57.2 Å². The molecule has 0 saturated heterocycles. The molecule has 0 unspecified atom stereocenters. The molecule has 0 aromatic carbocycles. The van der Waals surface area contributed by atoms with Crippen LogP contribution in [0.3, 0.4) is 0 Å². The summed E-state index contributed by atoms with van der Waals surface area (Å²) in [6, 6.07) is 0. The van der Waals surface area contributed by atoms with E-state index in [0.717, 1.165) is 0 Å². The van der Waals surface area contributed by atoms with Gasteiger partial charge in [0.05, 0.1) is 0 Å². The Morgan fingerprint density at radius 3 is 1.14 bits per heavy atom. The van der Waals surface area contributed by atoms with E-state index in [2.05, 4.69) is 0 Å². The average molecular weight is 200 g/mol.